The van der Waals surface area contributed by atoms with E-state index in [9.17, 15) is 4.79 Å². The van der Waals surface area contributed by atoms with Crippen molar-refractivity contribution in [3.63, 3.8) is 0 Å². The molecule has 0 heterocycles. The van der Waals surface area contributed by atoms with Gasteiger partial charge in [-0.2, -0.15) is 0 Å². The van der Waals surface area contributed by atoms with Gasteiger partial charge in [-0.3, -0.25) is 4.79 Å². The van der Waals surface area contributed by atoms with Gasteiger partial charge in [-0.25, -0.2) is 0 Å². The fourth-order valence-electron chi connectivity index (χ4n) is 1.96. The smallest absolute Gasteiger partial charge is 0.320 e. The van der Waals surface area contributed by atoms with Crippen molar-refractivity contribution >= 4 is 17.6 Å². The number of carboxylic acid groups (broad SMARTS) is 1. The van der Waals surface area contributed by atoms with Crippen molar-refractivity contribution in [2.24, 2.45) is 5.92 Å². The first kappa shape index (κ1) is 12.4. The second-order valence-corrected chi connectivity index (χ2v) is 5.04. The van der Waals surface area contributed by atoms with Crippen LogP contribution in [0.25, 0.3) is 0 Å². The molecule has 1 fully saturated rings. The first-order valence-corrected chi connectivity index (χ1v) is 6.17. The highest BCUT2D eigenvalue weighted by molar-refractivity contribution is 6.30. The highest BCUT2D eigenvalue weighted by atomic mass is 35.5. The quantitative estimate of drug-likeness (QED) is 0.848. The van der Waals surface area contributed by atoms with E-state index in [1.54, 1.807) is 0 Å². The maximum absolute atomic E-state index is 11.1. The summed E-state index contributed by atoms with van der Waals surface area (Å²) in [5.41, 5.74) is 2.19. The highest BCUT2D eigenvalue weighted by Crippen LogP contribution is 2.33. The Hall–Kier alpha value is -1.06. The Morgan fingerprint density at radius 3 is 2.82 bits per heavy atom. The summed E-state index contributed by atoms with van der Waals surface area (Å²) in [6.45, 7) is 2.56. The molecule has 1 unspecified atom stereocenters. The first-order valence-electron chi connectivity index (χ1n) is 5.79. The Labute approximate surface area is 106 Å². The monoisotopic (exact) mass is 253 g/mol. The third kappa shape index (κ3) is 3.20. The molecule has 1 atom stereocenters. The van der Waals surface area contributed by atoms with Gasteiger partial charge in [0.2, 0.25) is 0 Å². The number of halogens is 1. The van der Waals surface area contributed by atoms with Crippen LogP contribution in [0.1, 0.15) is 24.0 Å². The summed E-state index contributed by atoms with van der Waals surface area (Å²) in [7, 11) is 0. The molecule has 1 aromatic rings. The van der Waals surface area contributed by atoms with Crippen LogP contribution >= 0.6 is 11.6 Å². The molecule has 1 aromatic carbocycles. The van der Waals surface area contributed by atoms with Crippen molar-refractivity contribution < 1.29 is 9.90 Å². The zero-order valence-electron chi connectivity index (χ0n) is 9.74. The van der Waals surface area contributed by atoms with E-state index in [1.165, 1.54) is 0 Å². The fourth-order valence-corrected chi connectivity index (χ4v) is 2.19. The van der Waals surface area contributed by atoms with Crippen LogP contribution in [0.2, 0.25) is 5.02 Å². The molecule has 1 saturated carbocycles. The zero-order chi connectivity index (χ0) is 12.4. The Kier molecular flexibility index (Phi) is 3.69. The van der Waals surface area contributed by atoms with Crippen molar-refractivity contribution in [1.82, 2.24) is 5.32 Å². The van der Waals surface area contributed by atoms with E-state index in [0.717, 1.165) is 24.0 Å². The van der Waals surface area contributed by atoms with Gasteiger partial charge in [-0.05, 0) is 48.9 Å². The molecule has 3 nitrogen and oxygen atoms in total. The van der Waals surface area contributed by atoms with Gasteiger partial charge in [0.25, 0.3) is 0 Å². The van der Waals surface area contributed by atoms with E-state index < -0.39 is 12.0 Å². The third-order valence-corrected chi connectivity index (χ3v) is 3.41. The van der Waals surface area contributed by atoms with E-state index in [2.05, 4.69) is 5.32 Å². The molecular formula is C13H16ClNO2. The summed E-state index contributed by atoms with van der Waals surface area (Å²) in [5.74, 6) is -0.445. The van der Waals surface area contributed by atoms with Gasteiger partial charge < -0.3 is 10.4 Å². The molecule has 0 spiro atoms. The second-order valence-electron chi connectivity index (χ2n) is 4.61. The number of rotatable bonds is 5. The number of hydrogen-bond donors (Lipinski definition) is 2. The van der Waals surface area contributed by atoms with Crippen LogP contribution < -0.4 is 5.32 Å². The zero-order valence-corrected chi connectivity index (χ0v) is 10.5. The molecule has 0 radical (unpaired) electrons. The Bertz CT molecular complexity index is 429. The Morgan fingerprint density at radius 1 is 1.59 bits per heavy atom. The topological polar surface area (TPSA) is 49.3 Å². The van der Waals surface area contributed by atoms with Gasteiger partial charge in [0.15, 0.2) is 0 Å². The standard InChI is InChI=1S/C13H16ClNO2/c1-8-6-11(14)5-4-10(8)7-15-12(13(16)17)9-2-3-9/h4-6,9,12,15H,2-3,7H2,1H3,(H,16,17). The van der Waals surface area contributed by atoms with Gasteiger partial charge in [-0.1, -0.05) is 17.7 Å². The van der Waals surface area contributed by atoms with Gasteiger partial charge in [0.1, 0.15) is 6.04 Å². The van der Waals surface area contributed by atoms with Crippen molar-refractivity contribution in [1.29, 1.82) is 0 Å². The number of nitrogens with one attached hydrogen (secondary N) is 1. The minimum atomic E-state index is -0.751. The van der Waals surface area contributed by atoms with E-state index >= 15 is 0 Å². The lowest BCUT2D eigenvalue weighted by molar-refractivity contribution is -0.140. The van der Waals surface area contributed by atoms with Crippen LogP contribution in [0.15, 0.2) is 18.2 Å². The normalized spacial score (nSPS) is 16.8. The van der Waals surface area contributed by atoms with Crippen LogP contribution in [0.5, 0.6) is 0 Å². The summed E-state index contributed by atoms with van der Waals surface area (Å²) < 4.78 is 0. The average Bonchev–Trinajstić information content (AvgIpc) is 3.05. The van der Waals surface area contributed by atoms with Gasteiger partial charge >= 0.3 is 5.97 Å². The molecule has 17 heavy (non-hydrogen) atoms. The summed E-state index contributed by atoms with van der Waals surface area (Å²) in [4.78, 5) is 11.1. The van der Waals surface area contributed by atoms with E-state index in [-0.39, 0.29) is 0 Å². The maximum Gasteiger partial charge on any atom is 0.320 e. The molecule has 4 heteroatoms. The number of aryl methyl sites for hydroxylation is 1. The second kappa shape index (κ2) is 5.07. The van der Waals surface area contributed by atoms with Gasteiger partial charge in [-0.15, -0.1) is 0 Å². The summed E-state index contributed by atoms with van der Waals surface area (Å²) in [5, 5.41) is 12.9. The van der Waals surface area contributed by atoms with E-state index in [1.807, 2.05) is 25.1 Å². The average molecular weight is 254 g/mol. The number of aliphatic carboxylic acids is 1. The lowest BCUT2D eigenvalue weighted by Crippen LogP contribution is -2.38. The van der Waals surface area contributed by atoms with Crippen LogP contribution in [0, 0.1) is 12.8 Å². The van der Waals surface area contributed by atoms with Crippen molar-refractivity contribution in [3.8, 4) is 0 Å². The minimum Gasteiger partial charge on any atom is -0.480 e. The number of carboxylic acids is 1. The Morgan fingerprint density at radius 2 is 2.29 bits per heavy atom. The molecule has 2 rings (SSSR count). The number of benzene rings is 1. The van der Waals surface area contributed by atoms with E-state index in [4.69, 9.17) is 16.7 Å². The number of hydrogen-bond acceptors (Lipinski definition) is 2. The molecule has 0 aliphatic heterocycles. The van der Waals surface area contributed by atoms with Crippen molar-refractivity contribution in [2.75, 3.05) is 0 Å². The predicted octanol–water partition coefficient (Wildman–Crippen LogP) is 2.60. The molecule has 0 bridgehead atoms. The summed E-state index contributed by atoms with van der Waals surface area (Å²) in [6.07, 6.45) is 2.03. The van der Waals surface area contributed by atoms with E-state index in [0.29, 0.717) is 17.5 Å². The van der Waals surface area contributed by atoms with Crippen LogP contribution in [-0.2, 0) is 11.3 Å². The van der Waals surface area contributed by atoms with Crippen LogP contribution in [-0.4, -0.2) is 17.1 Å². The van der Waals surface area contributed by atoms with Crippen LogP contribution in [0.4, 0.5) is 0 Å². The van der Waals surface area contributed by atoms with Gasteiger partial charge in [0, 0.05) is 11.6 Å². The highest BCUT2D eigenvalue weighted by Gasteiger charge is 2.35. The molecule has 0 saturated heterocycles. The molecule has 2 N–H and O–H groups in total. The largest absolute Gasteiger partial charge is 0.480 e. The minimum absolute atomic E-state index is 0.306. The molecule has 1 aliphatic rings. The van der Waals surface area contributed by atoms with Crippen molar-refractivity contribution in [2.45, 2.75) is 32.4 Å². The summed E-state index contributed by atoms with van der Waals surface area (Å²) >= 11 is 5.88. The van der Waals surface area contributed by atoms with Crippen LogP contribution in [0.3, 0.4) is 0 Å². The lowest BCUT2D eigenvalue weighted by Gasteiger charge is -2.14. The van der Waals surface area contributed by atoms with Gasteiger partial charge in [0.05, 0.1) is 0 Å². The predicted molar refractivity (Wildman–Crippen MR) is 67.2 cm³/mol. The third-order valence-electron chi connectivity index (χ3n) is 3.18. The molecule has 92 valence electrons. The molecular weight excluding hydrogens is 238 g/mol. The first-order chi connectivity index (χ1) is 8.08. The van der Waals surface area contributed by atoms with Crippen molar-refractivity contribution in [3.05, 3.63) is 34.3 Å². The Balaban J connectivity index is 1.98. The lowest BCUT2D eigenvalue weighted by atomic mass is 10.1. The SMILES string of the molecule is Cc1cc(Cl)ccc1CNC(C(=O)O)C1CC1. The molecule has 0 aromatic heterocycles. The molecule has 0 amide bonds. The molecule has 1 aliphatic carbocycles. The number of carbonyl (C=O) groups is 1. The fraction of sp³-hybridized carbons (Fsp3) is 0.462. The summed E-state index contributed by atoms with van der Waals surface area (Å²) in [6, 6.07) is 5.26. The maximum atomic E-state index is 11.1.